The van der Waals surface area contributed by atoms with E-state index in [0.717, 1.165) is 21.5 Å². The Balaban J connectivity index is 2.29. The molecule has 2 rings (SSSR count). The van der Waals surface area contributed by atoms with Gasteiger partial charge in [0.05, 0.1) is 0 Å². The molecule has 0 unspecified atom stereocenters. The van der Waals surface area contributed by atoms with Crippen LogP contribution in [0, 0.1) is 0 Å². The Morgan fingerprint density at radius 3 is 2.93 bits per heavy atom. The number of halogens is 2. The molecule has 5 heteroatoms. The van der Waals surface area contributed by atoms with E-state index in [1.165, 1.54) is 0 Å². The Kier molecular flexibility index (Phi) is 3.38. The highest BCUT2D eigenvalue weighted by Gasteiger charge is 2.06. The van der Waals surface area contributed by atoms with E-state index in [-0.39, 0.29) is 0 Å². The average Bonchev–Trinajstić information content (AvgIpc) is 2.67. The third-order valence-corrected chi connectivity index (χ3v) is 2.52. The number of nitrogens with zero attached hydrogens (tertiary/aromatic N) is 2. The molecule has 0 aromatic carbocycles. The molecule has 0 N–H and O–H groups in total. The van der Waals surface area contributed by atoms with Gasteiger partial charge in [-0.05, 0) is 22.0 Å². The molecule has 0 aliphatic heterocycles. The third kappa shape index (κ3) is 2.58. The van der Waals surface area contributed by atoms with Gasteiger partial charge >= 0.3 is 0 Å². The third-order valence-electron chi connectivity index (χ3n) is 1.90. The van der Waals surface area contributed by atoms with E-state index < -0.39 is 0 Å². The van der Waals surface area contributed by atoms with Crippen molar-refractivity contribution in [1.29, 1.82) is 0 Å². The van der Waals surface area contributed by atoms with E-state index in [9.17, 15) is 0 Å². The van der Waals surface area contributed by atoms with Crippen LogP contribution in [0.4, 0.5) is 0 Å². The maximum atomic E-state index is 5.61. The fourth-order valence-electron chi connectivity index (χ4n) is 1.21. The predicted octanol–water partition coefficient (Wildman–Crippen LogP) is 3.28. The molecule has 0 amide bonds. The van der Waals surface area contributed by atoms with Gasteiger partial charge in [0.15, 0.2) is 0 Å². The van der Waals surface area contributed by atoms with Gasteiger partial charge in [-0.1, -0.05) is 5.16 Å². The van der Waals surface area contributed by atoms with Gasteiger partial charge in [0, 0.05) is 40.8 Å². The molecule has 0 radical (unpaired) electrons. The summed E-state index contributed by atoms with van der Waals surface area (Å²) in [6.07, 6.45) is 4.16. The lowest BCUT2D eigenvalue weighted by Gasteiger charge is -1.94. The van der Waals surface area contributed by atoms with Crippen LogP contribution in [0.15, 0.2) is 33.5 Å². The van der Waals surface area contributed by atoms with E-state index in [1.54, 1.807) is 12.4 Å². The summed E-state index contributed by atoms with van der Waals surface area (Å²) >= 11 is 8.96. The van der Waals surface area contributed by atoms with E-state index in [1.807, 2.05) is 12.1 Å². The quantitative estimate of drug-likeness (QED) is 0.813. The smallest absolute Gasteiger partial charge is 0.138 e. The summed E-state index contributed by atoms with van der Waals surface area (Å²) in [6.45, 7) is 0. The van der Waals surface area contributed by atoms with Crippen molar-refractivity contribution in [2.24, 2.45) is 0 Å². The minimum atomic E-state index is 0.533. The fraction of sp³-hybridized carbons (Fsp3) is 0.200. The molecule has 3 nitrogen and oxygen atoms in total. The first kappa shape index (κ1) is 10.6. The van der Waals surface area contributed by atoms with Gasteiger partial charge in [0.2, 0.25) is 0 Å². The summed E-state index contributed by atoms with van der Waals surface area (Å²) in [6, 6.07) is 3.82. The second-order valence-corrected chi connectivity index (χ2v) is 4.30. The van der Waals surface area contributed by atoms with Gasteiger partial charge in [-0.15, -0.1) is 11.6 Å². The van der Waals surface area contributed by atoms with Crippen LogP contribution in [0.25, 0.3) is 11.3 Å². The number of hydrogen-bond acceptors (Lipinski definition) is 3. The molecule has 0 saturated carbocycles. The standard InChI is InChI=1S/C10H8BrClN2O/c11-8-3-7(5-13-6-8)10-4-9(1-2-12)15-14-10/h3-6H,1-2H2. The van der Waals surface area contributed by atoms with Crippen molar-refractivity contribution < 1.29 is 4.52 Å². The molecular weight excluding hydrogens is 279 g/mol. The highest BCUT2D eigenvalue weighted by Crippen LogP contribution is 2.21. The zero-order chi connectivity index (χ0) is 10.7. The monoisotopic (exact) mass is 286 g/mol. The van der Waals surface area contributed by atoms with Crippen LogP contribution in [0.1, 0.15) is 5.76 Å². The number of pyridine rings is 1. The molecule has 0 aliphatic carbocycles. The van der Waals surface area contributed by atoms with Gasteiger partial charge in [0.25, 0.3) is 0 Å². The molecule has 0 saturated heterocycles. The summed E-state index contributed by atoms with van der Waals surface area (Å²) in [5.74, 6) is 1.32. The van der Waals surface area contributed by atoms with Crippen LogP contribution in [-0.2, 0) is 6.42 Å². The number of hydrogen-bond donors (Lipinski definition) is 0. The van der Waals surface area contributed by atoms with Crippen molar-refractivity contribution in [3.8, 4) is 11.3 Å². The summed E-state index contributed by atoms with van der Waals surface area (Å²) in [5.41, 5.74) is 1.71. The Labute approximate surface area is 101 Å². The van der Waals surface area contributed by atoms with Crippen LogP contribution in [0.2, 0.25) is 0 Å². The van der Waals surface area contributed by atoms with Crippen molar-refractivity contribution in [3.05, 3.63) is 34.8 Å². The van der Waals surface area contributed by atoms with Crippen LogP contribution >= 0.6 is 27.5 Å². The van der Waals surface area contributed by atoms with Crippen molar-refractivity contribution in [3.63, 3.8) is 0 Å². The second kappa shape index (κ2) is 4.77. The summed E-state index contributed by atoms with van der Waals surface area (Å²) in [5, 5.41) is 3.95. The van der Waals surface area contributed by atoms with Gasteiger partial charge in [-0.2, -0.15) is 0 Å². The molecule has 0 spiro atoms. The van der Waals surface area contributed by atoms with Crippen molar-refractivity contribution in [1.82, 2.24) is 10.1 Å². The molecule has 0 aliphatic rings. The van der Waals surface area contributed by atoms with Gasteiger partial charge in [0.1, 0.15) is 11.5 Å². The van der Waals surface area contributed by atoms with Crippen molar-refractivity contribution in [2.75, 3.05) is 5.88 Å². The molecule has 0 bridgehead atoms. The Hall–Kier alpha value is -0.870. The minimum Gasteiger partial charge on any atom is -0.361 e. The summed E-state index contributed by atoms with van der Waals surface area (Å²) < 4.78 is 6.04. The second-order valence-electron chi connectivity index (χ2n) is 3.01. The number of aromatic nitrogens is 2. The van der Waals surface area contributed by atoms with Crippen LogP contribution < -0.4 is 0 Å². The molecular formula is C10H8BrClN2O. The molecule has 2 aromatic heterocycles. The lowest BCUT2D eigenvalue weighted by molar-refractivity contribution is 0.389. The molecule has 78 valence electrons. The first-order valence-corrected chi connectivity index (χ1v) is 5.75. The van der Waals surface area contributed by atoms with Crippen LogP contribution in [0.3, 0.4) is 0 Å². The summed E-state index contributed by atoms with van der Waals surface area (Å²) in [4.78, 5) is 4.06. The maximum Gasteiger partial charge on any atom is 0.138 e. The molecule has 15 heavy (non-hydrogen) atoms. The Morgan fingerprint density at radius 2 is 2.20 bits per heavy atom. The Bertz CT molecular complexity index is 458. The largest absolute Gasteiger partial charge is 0.361 e. The lowest BCUT2D eigenvalue weighted by atomic mass is 10.2. The van der Waals surface area contributed by atoms with Gasteiger partial charge in [-0.3, -0.25) is 4.98 Å². The number of alkyl halides is 1. The first-order chi connectivity index (χ1) is 7.29. The van der Waals surface area contributed by atoms with Gasteiger partial charge in [-0.25, -0.2) is 0 Å². The number of aryl methyl sites for hydroxylation is 1. The fourth-order valence-corrected chi connectivity index (χ4v) is 1.76. The molecule has 2 heterocycles. The minimum absolute atomic E-state index is 0.533. The van der Waals surface area contributed by atoms with Crippen LogP contribution in [0.5, 0.6) is 0 Å². The SMILES string of the molecule is ClCCc1cc(-c2cncc(Br)c2)no1. The van der Waals surface area contributed by atoms with E-state index in [2.05, 4.69) is 26.1 Å². The lowest BCUT2D eigenvalue weighted by Crippen LogP contribution is -1.81. The van der Waals surface area contributed by atoms with E-state index >= 15 is 0 Å². The maximum absolute atomic E-state index is 5.61. The highest BCUT2D eigenvalue weighted by atomic mass is 79.9. The first-order valence-electron chi connectivity index (χ1n) is 4.42. The van der Waals surface area contributed by atoms with Crippen molar-refractivity contribution >= 4 is 27.5 Å². The van der Waals surface area contributed by atoms with E-state index in [4.69, 9.17) is 16.1 Å². The normalized spacial score (nSPS) is 10.5. The molecule has 0 atom stereocenters. The zero-order valence-corrected chi connectivity index (χ0v) is 10.1. The zero-order valence-electron chi connectivity index (χ0n) is 7.78. The molecule has 2 aromatic rings. The topological polar surface area (TPSA) is 38.9 Å². The number of rotatable bonds is 3. The van der Waals surface area contributed by atoms with Gasteiger partial charge < -0.3 is 4.52 Å². The Morgan fingerprint density at radius 1 is 1.33 bits per heavy atom. The predicted molar refractivity (Wildman–Crippen MR) is 61.9 cm³/mol. The van der Waals surface area contributed by atoms with Crippen molar-refractivity contribution in [2.45, 2.75) is 6.42 Å². The highest BCUT2D eigenvalue weighted by molar-refractivity contribution is 9.10. The van der Waals surface area contributed by atoms with E-state index in [0.29, 0.717) is 12.3 Å². The van der Waals surface area contributed by atoms with Crippen LogP contribution in [-0.4, -0.2) is 16.0 Å². The average molecular weight is 288 g/mol. The molecule has 0 fully saturated rings. The summed E-state index contributed by atoms with van der Waals surface area (Å²) in [7, 11) is 0.